The molecule has 0 fully saturated rings. The molecule has 0 aliphatic carbocycles. The summed E-state index contributed by atoms with van der Waals surface area (Å²) in [6.45, 7) is 9.41. The standard InChI is InChI=1S/C9H21NO3/c1-4-11-9-7-8-10(12-5-2)13-6-3/h4-9H2,1-3H3. The maximum absolute atomic E-state index is 5.22. The summed E-state index contributed by atoms with van der Waals surface area (Å²) in [6, 6.07) is 0. The van der Waals surface area contributed by atoms with Crippen molar-refractivity contribution in [1.82, 2.24) is 5.23 Å². The van der Waals surface area contributed by atoms with Crippen LogP contribution in [-0.2, 0) is 14.4 Å². The summed E-state index contributed by atoms with van der Waals surface area (Å²) in [4.78, 5) is 10.4. The molecular formula is C9H21NO3. The molecular weight excluding hydrogens is 170 g/mol. The fraction of sp³-hybridized carbons (Fsp3) is 1.00. The van der Waals surface area contributed by atoms with E-state index in [9.17, 15) is 0 Å². The van der Waals surface area contributed by atoms with Gasteiger partial charge in [-0.05, 0) is 27.2 Å². The molecule has 0 saturated carbocycles. The Kier molecular flexibility index (Phi) is 9.80. The maximum Gasteiger partial charge on any atom is 0.0683 e. The van der Waals surface area contributed by atoms with Gasteiger partial charge in [-0.3, -0.25) is 9.68 Å². The number of nitrogens with zero attached hydrogens (tertiary/aromatic N) is 1. The van der Waals surface area contributed by atoms with E-state index >= 15 is 0 Å². The molecule has 0 unspecified atom stereocenters. The van der Waals surface area contributed by atoms with E-state index in [4.69, 9.17) is 14.4 Å². The van der Waals surface area contributed by atoms with Crippen molar-refractivity contribution < 1.29 is 14.4 Å². The van der Waals surface area contributed by atoms with Crippen molar-refractivity contribution in [3.63, 3.8) is 0 Å². The van der Waals surface area contributed by atoms with Crippen molar-refractivity contribution in [2.75, 3.05) is 33.0 Å². The summed E-state index contributed by atoms with van der Waals surface area (Å²) in [7, 11) is 0. The van der Waals surface area contributed by atoms with Crippen LogP contribution in [0, 0.1) is 0 Å². The van der Waals surface area contributed by atoms with Gasteiger partial charge in [-0.2, -0.15) is 0 Å². The van der Waals surface area contributed by atoms with Crippen LogP contribution in [0.2, 0.25) is 0 Å². The third kappa shape index (κ3) is 8.18. The predicted molar refractivity (Wildman–Crippen MR) is 51.1 cm³/mol. The van der Waals surface area contributed by atoms with Crippen LogP contribution in [0.1, 0.15) is 27.2 Å². The molecule has 80 valence electrons. The highest BCUT2D eigenvalue weighted by molar-refractivity contribution is 4.36. The Morgan fingerprint density at radius 2 is 1.54 bits per heavy atom. The lowest BCUT2D eigenvalue weighted by molar-refractivity contribution is -0.365. The molecule has 4 nitrogen and oxygen atoms in total. The third-order valence-corrected chi connectivity index (χ3v) is 1.38. The monoisotopic (exact) mass is 191 g/mol. The molecule has 0 aliphatic heterocycles. The summed E-state index contributed by atoms with van der Waals surface area (Å²) in [5.41, 5.74) is 0. The van der Waals surface area contributed by atoms with Crippen LogP contribution in [0.3, 0.4) is 0 Å². The summed E-state index contributed by atoms with van der Waals surface area (Å²) in [6.07, 6.45) is 0.924. The Balaban J connectivity index is 3.33. The van der Waals surface area contributed by atoms with E-state index in [1.807, 2.05) is 20.8 Å². The van der Waals surface area contributed by atoms with Crippen LogP contribution in [0.4, 0.5) is 0 Å². The highest BCUT2D eigenvalue weighted by Gasteiger charge is 2.02. The summed E-state index contributed by atoms with van der Waals surface area (Å²) in [5, 5.41) is 1.53. The van der Waals surface area contributed by atoms with E-state index in [0.29, 0.717) is 13.2 Å². The van der Waals surface area contributed by atoms with E-state index in [2.05, 4.69) is 0 Å². The molecule has 0 aromatic heterocycles. The predicted octanol–water partition coefficient (Wildman–Crippen LogP) is 1.62. The van der Waals surface area contributed by atoms with Gasteiger partial charge >= 0.3 is 0 Å². The Bertz CT molecular complexity index is 94.9. The van der Waals surface area contributed by atoms with Gasteiger partial charge in [0, 0.05) is 13.2 Å². The first kappa shape index (κ1) is 12.8. The summed E-state index contributed by atoms with van der Waals surface area (Å²) in [5.74, 6) is 0. The van der Waals surface area contributed by atoms with Crippen LogP contribution in [0.25, 0.3) is 0 Å². The normalized spacial score (nSPS) is 11.1. The van der Waals surface area contributed by atoms with Gasteiger partial charge in [0.25, 0.3) is 0 Å². The highest BCUT2D eigenvalue weighted by atomic mass is 16.9. The van der Waals surface area contributed by atoms with Gasteiger partial charge in [0.2, 0.25) is 0 Å². The molecule has 0 atom stereocenters. The molecule has 0 aromatic carbocycles. The van der Waals surface area contributed by atoms with Crippen molar-refractivity contribution in [1.29, 1.82) is 0 Å². The van der Waals surface area contributed by atoms with Crippen LogP contribution in [0.15, 0.2) is 0 Å². The fourth-order valence-electron chi connectivity index (χ4n) is 0.894. The molecule has 0 bridgehead atoms. The van der Waals surface area contributed by atoms with Gasteiger partial charge in [-0.1, -0.05) is 5.23 Å². The molecule has 0 saturated heterocycles. The average Bonchev–Trinajstić information content (AvgIpc) is 2.13. The van der Waals surface area contributed by atoms with Crippen molar-refractivity contribution in [2.45, 2.75) is 27.2 Å². The first-order valence-electron chi connectivity index (χ1n) is 4.96. The van der Waals surface area contributed by atoms with Crippen LogP contribution >= 0.6 is 0 Å². The van der Waals surface area contributed by atoms with Gasteiger partial charge < -0.3 is 4.74 Å². The Morgan fingerprint density at radius 1 is 0.923 bits per heavy atom. The number of rotatable bonds is 9. The van der Waals surface area contributed by atoms with E-state index in [0.717, 1.165) is 26.2 Å². The second-order valence-corrected chi connectivity index (χ2v) is 2.44. The zero-order valence-electron chi connectivity index (χ0n) is 8.91. The van der Waals surface area contributed by atoms with E-state index in [1.54, 1.807) is 0 Å². The lowest BCUT2D eigenvalue weighted by Crippen LogP contribution is -2.26. The largest absolute Gasteiger partial charge is 0.382 e. The van der Waals surface area contributed by atoms with Gasteiger partial charge in [0.15, 0.2) is 0 Å². The highest BCUT2D eigenvalue weighted by Crippen LogP contribution is 1.95. The van der Waals surface area contributed by atoms with Crippen molar-refractivity contribution in [3.05, 3.63) is 0 Å². The van der Waals surface area contributed by atoms with E-state index < -0.39 is 0 Å². The zero-order valence-corrected chi connectivity index (χ0v) is 8.91. The molecule has 0 radical (unpaired) electrons. The molecule has 0 N–H and O–H groups in total. The van der Waals surface area contributed by atoms with Crippen LogP contribution in [0.5, 0.6) is 0 Å². The Labute approximate surface area is 80.7 Å². The summed E-state index contributed by atoms with van der Waals surface area (Å²) >= 11 is 0. The van der Waals surface area contributed by atoms with Crippen molar-refractivity contribution >= 4 is 0 Å². The Hall–Kier alpha value is -0.160. The van der Waals surface area contributed by atoms with E-state index in [-0.39, 0.29) is 0 Å². The van der Waals surface area contributed by atoms with Gasteiger partial charge in [-0.25, -0.2) is 0 Å². The molecule has 4 heteroatoms. The minimum atomic E-state index is 0.634. The fourth-order valence-corrected chi connectivity index (χ4v) is 0.894. The second kappa shape index (κ2) is 9.92. The van der Waals surface area contributed by atoms with Gasteiger partial charge in [0.1, 0.15) is 0 Å². The molecule has 0 aromatic rings. The quantitative estimate of drug-likeness (QED) is 0.409. The van der Waals surface area contributed by atoms with Crippen molar-refractivity contribution in [2.24, 2.45) is 0 Å². The SMILES string of the molecule is CCOCCCN(OCC)OCC. The maximum atomic E-state index is 5.22. The van der Waals surface area contributed by atoms with Crippen LogP contribution in [-0.4, -0.2) is 38.2 Å². The van der Waals surface area contributed by atoms with Gasteiger partial charge in [0.05, 0.1) is 19.8 Å². The first-order valence-corrected chi connectivity index (χ1v) is 4.96. The summed E-state index contributed by atoms with van der Waals surface area (Å²) < 4.78 is 5.20. The molecule has 0 rings (SSSR count). The molecule has 0 spiro atoms. The third-order valence-electron chi connectivity index (χ3n) is 1.38. The van der Waals surface area contributed by atoms with Crippen LogP contribution < -0.4 is 0 Å². The Morgan fingerprint density at radius 3 is 2.00 bits per heavy atom. The number of ether oxygens (including phenoxy) is 1. The molecule has 13 heavy (non-hydrogen) atoms. The number of hydrogen-bond donors (Lipinski definition) is 0. The number of hydrogen-bond acceptors (Lipinski definition) is 4. The lowest BCUT2D eigenvalue weighted by atomic mass is 10.5. The smallest absolute Gasteiger partial charge is 0.0683 e. The number of hydroxylamine groups is 2. The molecule has 0 amide bonds. The second-order valence-electron chi connectivity index (χ2n) is 2.44. The molecule has 0 heterocycles. The lowest BCUT2D eigenvalue weighted by Gasteiger charge is -2.18. The minimum absolute atomic E-state index is 0.634. The average molecular weight is 191 g/mol. The minimum Gasteiger partial charge on any atom is -0.382 e. The van der Waals surface area contributed by atoms with E-state index in [1.165, 1.54) is 5.23 Å². The van der Waals surface area contributed by atoms with Crippen molar-refractivity contribution in [3.8, 4) is 0 Å². The molecule has 0 aliphatic rings. The van der Waals surface area contributed by atoms with Gasteiger partial charge in [-0.15, -0.1) is 0 Å². The zero-order chi connectivity index (χ0) is 9.94. The topological polar surface area (TPSA) is 30.9 Å². The first-order chi connectivity index (χ1) is 6.35.